The van der Waals surface area contributed by atoms with Crippen LogP contribution < -0.4 is 5.32 Å². The summed E-state index contributed by atoms with van der Waals surface area (Å²) in [4.78, 5) is 6.43. The van der Waals surface area contributed by atoms with E-state index in [1.807, 2.05) is 20.0 Å². The number of hydrogen-bond acceptors (Lipinski definition) is 2. The Labute approximate surface area is 105 Å². The van der Waals surface area contributed by atoms with Crippen LogP contribution in [0.25, 0.3) is 0 Å². The maximum Gasteiger partial charge on any atom is 0.193 e. The summed E-state index contributed by atoms with van der Waals surface area (Å²) in [7, 11) is 2.03. The average molecular weight is 241 g/mol. The predicted molar refractivity (Wildman–Crippen MR) is 74.4 cm³/mol. The molecule has 17 heavy (non-hydrogen) atoms. The highest BCUT2D eigenvalue weighted by atomic mass is 16.3. The Hall–Kier alpha value is -1.03. The van der Waals surface area contributed by atoms with Gasteiger partial charge in [-0.15, -0.1) is 6.58 Å². The number of guanidine groups is 1. The molecule has 0 aliphatic heterocycles. The second kappa shape index (κ2) is 11.5. The number of aliphatic hydroxyl groups excluding tert-OH is 1. The first-order valence-electron chi connectivity index (χ1n) is 6.47. The van der Waals surface area contributed by atoms with Crippen LogP contribution >= 0.6 is 0 Å². The normalized spacial score (nSPS) is 11.4. The van der Waals surface area contributed by atoms with Gasteiger partial charge in [-0.1, -0.05) is 12.5 Å². The SMILES string of the molecule is C=CCCCCCN(C)C(=NCCO)NCC. The first-order valence-corrected chi connectivity index (χ1v) is 6.47. The number of hydrogen-bond donors (Lipinski definition) is 2. The third-order valence-corrected chi connectivity index (χ3v) is 2.46. The van der Waals surface area contributed by atoms with Gasteiger partial charge in [-0.2, -0.15) is 0 Å². The standard InChI is InChI=1S/C13H27N3O/c1-4-6-7-8-9-11-16(3)13(14-5-2)15-10-12-17/h4,17H,1,5-12H2,2-3H3,(H,14,15). The fourth-order valence-corrected chi connectivity index (χ4v) is 1.55. The first kappa shape index (κ1) is 16.0. The highest BCUT2D eigenvalue weighted by Crippen LogP contribution is 2.01. The third kappa shape index (κ3) is 8.74. The molecular weight excluding hydrogens is 214 g/mol. The van der Waals surface area contributed by atoms with Crippen molar-refractivity contribution in [1.29, 1.82) is 0 Å². The molecule has 0 radical (unpaired) electrons. The summed E-state index contributed by atoms with van der Waals surface area (Å²) < 4.78 is 0. The molecular formula is C13H27N3O. The second-order valence-electron chi connectivity index (χ2n) is 4.02. The maximum atomic E-state index is 8.78. The Kier molecular flexibility index (Phi) is 10.8. The summed E-state index contributed by atoms with van der Waals surface area (Å²) in [5.41, 5.74) is 0. The summed E-state index contributed by atoms with van der Waals surface area (Å²) >= 11 is 0. The van der Waals surface area contributed by atoms with Crippen LogP contribution in [0.1, 0.15) is 32.6 Å². The average Bonchev–Trinajstić information content (AvgIpc) is 2.34. The van der Waals surface area contributed by atoms with E-state index in [1.54, 1.807) is 0 Å². The van der Waals surface area contributed by atoms with Crippen LogP contribution in [-0.2, 0) is 0 Å². The molecule has 0 aromatic heterocycles. The van der Waals surface area contributed by atoms with Crippen molar-refractivity contribution in [2.45, 2.75) is 32.6 Å². The van der Waals surface area contributed by atoms with Crippen LogP contribution in [0, 0.1) is 0 Å². The van der Waals surface area contributed by atoms with E-state index < -0.39 is 0 Å². The van der Waals surface area contributed by atoms with Gasteiger partial charge in [-0.3, -0.25) is 4.99 Å². The van der Waals surface area contributed by atoms with Gasteiger partial charge < -0.3 is 15.3 Å². The van der Waals surface area contributed by atoms with E-state index in [2.05, 4.69) is 21.8 Å². The molecule has 0 unspecified atom stereocenters. The molecule has 0 heterocycles. The number of allylic oxidation sites excluding steroid dienone is 1. The number of rotatable bonds is 9. The van der Waals surface area contributed by atoms with Crippen LogP contribution in [-0.4, -0.2) is 49.3 Å². The molecule has 4 heteroatoms. The predicted octanol–water partition coefficient (Wildman–Crippen LogP) is 1.62. The first-order chi connectivity index (χ1) is 8.26. The van der Waals surface area contributed by atoms with E-state index in [-0.39, 0.29) is 6.61 Å². The van der Waals surface area contributed by atoms with Crippen LogP contribution in [0.3, 0.4) is 0 Å². The molecule has 0 aromatic rings. The number of aliphatic hydroxyl groups is 1. The smallest absolute Gasteiger partial charge is 0.193 e. The van der Waals surface area contributed by atoms with E-state index >= 15 is 0 Å². The molecule has 4 nitrogen and oxygen atoms in total. The van der Waals surface area contributed by atoms with Gasteiger partial charge >= 0.3 is 0 Å². The van der Waals surface area contributed by atoms with E-state index in [1.165, 1.54) is 12.8 Å². The van der Waals surface area contributed by atoms with Gasteiger partial charge in [0.15, 0.2) is 5.96 Å². The molecule has 0 bridgehead atoms. The van der Waals surface area contributed by atoms with Crippen LogP contribution in [0.2, 0.25) is 0 Å². The van der Waals surface area contributed by atoms with E-state index in [0.29, 0.717) is 6.54 Å². The van der Waals surface area contributed by atoms with Crippen molar-refractivity contribution in [3.8, 4) is 0 Å². The van der Waals surface area contributed by atoms with Crippen molar-refractivity contribution in [1.82, 2.24) is 10.2 Å². The Balaban J connectivity index is 3.87. The van der Waals surface area contributed by atoms with Gasteiger partial charge in [-0.25, -0.2) is 0 Å². The topological polar surface area (TPSA) is 47.9 Å². The second-order valence-corrected chi connectivity index (χ2v) is 4.02. The number of aliphatic imine (C=N–C) groups is 1. The highest BCUT2D eigenvalue weighted by Gasteiger charge is 2.04. The molecule has 0 amide bonds. The van der Waals surface area contributed by atoms with Crippen molar-refractivity contribution < 1.29 is 5.11 Å². The summed E-state index contributed by atoms with van der Waals surface area (Å²) in [5.74, 6) is 0.880. The maximum absolute atomic E-state index is 8.78. The zero-order chi connectivity index (χ0) is 12.9. The molecule has 0 saturated carbocycles. The highest BCUT2D eigenvalue weighted by molar-refractivity contribution is 5.79. The minimum absolute atomic E-state index is 0.0993. The zero-order valence-corrected chi connectivity index (χ0v) is 11.3. The molecule has 2 N–H and O–H groups in total. The van der Waals surface area contributed by atoms with Gasteiger partial charge in [0.1, 0.15) is 0 Å². The minimum Gasteiger partial charge on any atom is -0.394 e. The third-order valence-electron chi connectivity index (χ3n) is 2.46. The van der Waals surface area contributed by atoms with E-state index in [4.69, 9.17) is 5.11 Å². The molecule has 0 aliphatic rings. The fourth-order valence-electron chi connectivity index (χ4n) is 1.55. The molecule has 0 aromatic carbocycles. The van der Waals surface area contributed by atoms with Gasteiger partial charge in [0, 0.05) is 20.1 Å². The van der Waals surface area contributed by atoms with E-state index in [0.717, 1.165) is 31.9 Å². The Bertz CT molecular complexity index is 217. The van der Waals surface area contributed by atoms with Crippen LogP contribution in [0.5, 0.6) is 0 Å². The summed E-state index contributed by atoms with van der Waals surface area (Å²) in [6, 6.07) is 0. The summed E-state index contributed by atoms with van der Waals surface area (Å²) in [5, 5.41) is 12.0. The van der Waals surface area contributed by atoms with Crippen molar-refractivity contribution >= 4 is 5.96 Å². The monoisotopic (exact) mass is 241 g/mol. The number of unbranched alkanes of at least 4 members (excludes halogenated alkanes) is 3. The van der Waals surface area contributed by atoms with Crippen molar-refractivity contribution in [2.75, 3.05) is 33.3 Å². The van der Waals surface area contributed by atoms with Crippen molar-refractivity contribution in [3.05, 3.63) is 12.7 Å². The summed E-state index contributed by atoms with van der Waals surface area (Å²) in [6.07, 6.45) is 6.66. The molecule has 0 spiro atoms. The van der Waals surface area contributed by atoms with Gasteiger partial charge in [0.05, 0.1) is 13.2 Å². The lowest BCUT2D eigenvalue weighted by atomic mass is 10.2. The Morgan fingerprint density at radius 3 is 2.76 bits per heavy atom. The molecule has 0 saturated heterocycles. The number of nitrogens with one attached hydrogen (secondary N) is 1. The number of nitrogens with zero attached hydrogens (tertiary/aromatic N) is 2. The lowest BCUT2D eigenvalue weighted by Gasteiger charge is -2.21. The van der Waals surface area contributed by atoms with Gasteiger partial charge in [-0.05, 0) is 26.2 Å². The molecule has 0 atom stereocenters. The fraction of sp³-hybridized carbons (Fsp3) is 0.769. The Morgan fingerprint density at radius 2 is 2.18 bits per heavy atom. The molecule has 0 aliphatic carbocycles. The molecule has 100 valence electrons. The molecule has 0 fully saturated rings. The lowest BCUT2D eigenvalue weighted by Crippen LogP contribution is -2.39. The zero-order valence-electron chi connectivity index (χ0n) is 11.3. The lowest BCUT2D eigenvalue weighted by molar-refractivity contribution is 0.305. The van der Waals surface area contributed by atoms with E-state index in [9.17, 15) is 0 Å². The van der Waals surface area contributed by atoms with Crippen molar-refractivity contribution in [2.24, 2.45) is 4.99 Å². The van der Waals surface area contributed by atoms with Gasteiger partial charge in [0.25, 0.3) is 0 Å². The minimum atomic E-state index is 0.0993. The van der Waals surface area contributed by atoms with Crippen LogP contribution in [0.4, 0.5) is 0 Å². The Morgan fingerprint density at radius 1 is 1.41 bits per heavy atom. The summed E-state index contributed by atoms with van der Waals surface area (Å²) in [6.45, 7) is 8.17. The van der Waals surface area contributed by atoms with Crippen molar-refractivity contribution in [3.63, 3.8) is 0 Å². The largest absolute Gasteiger partial charge is 0.394 e. The molecule has 0 rings (SSSR count). The quantitative estimate of drug-likeness (QED) is 0.279. The van der Waals surface area contributed by atoms with Crippen LogP contribution in [0.15, 0.2) is 17.6 Å². The van der Waals surface area contributed by atoms with Gasteiger partial charge in [0.2, 0.25) is 0 Å².